The summed E-state index contributed by atoms with van der Waals surface area (Å²) in [5.41, 5.74) is 0.330. The Bertz CT molecular complexity index is 432. The van der Waals surface area contributed by atoms with E-state index in [1.165, 1.54) is 20.3 Å². The van der Waals surface area contributed by atoms with Crippen LogP contribution in [0.1, 0.15) is 10.4 Å². The molecule has 0 saturated carbocycles. The Morgan fingerprint density at radius 3 is 2.67 bits per heavy atom. The van der Waals surface area contributed by atoms with Crippen molar-refractivity contribution in [3.63, 3.8) is 0 Å². The van der Waals surface area contributed by atoms with Crippen molar-refractivity contribution in [2.24, 2.45) is 0 Å². The van der Waals surface area contributed by atoms with Crippen molar-refractivity contribution < 1.29 is 24.2 Å². The molecule has 0 bridgehead atoms. The van der Waals surface area contributed by atoms with Gasteiger partial charge in [0, 0.05) is 5.56 Å². The molecular formula is C12H15NO5. The summed E-state index contributed by atoms with van der Waals surface area (Å²) in [4.78, 5) is 23.0. The van der Waals surface area contributed by atoms with E-state index in [1.807, 2.05) is 0 Å². The first-order chi connectivity index (χ1) is 8.62. The predicted molar refractivity (Wildman–Crippen MR) is 63.4 cm³/mol. The Morgan fingerprint density at radius 2 is 2.11 bits per heavy atom. The molecule has 2 N–H and O–H groups in total. The van der Waals surface area contributed by atoms with Crippen LogP contribution in [0, 0.1) is 0 Å². The summed E-state index contributed by atoms with van der Waals surface area (Å²) in [6.07, 6.45) is 0. The number of benzene rings is 1. The van der Waals surface area contributed by atoms with Crippen LogP contribution in [0.15, 0.2) is 24.3 Å². The number of aliphatic hydroxyl groups excluding tert-OH is 1. The van der Waals surface area contributed by atoms with Crippen LogP contribution in [0.25, 0.3) is 0 Å². The number of methoxy groups -OCH3 is 2. The van der Waals surface area contributed by atoms with Gasteiger partial charge in [-0.25, -0.2) is 4.79 Å². The van der Waals surface area contributed by atoms with Gasteiger partial charge in [-0.05, 0) is 18.2 Å². The molecule has 6 nitrogen and oxygen atoms in total. The number of esters is 1. The molecule has 1 atom stereocenters. The van der Waals surface area contributed by atoms with Crippen molar-refractivity contribution in [1.29, 1.82) is 0 Å². The Hall–Kier alpha value is -2.08. The highest BCUT2D eigenvalue weighted by Gasteiger charge is 2.21. The van der Waals surface area contributed by atoms with Crippen LogP contribution in [0.3, 0.4) is 0 Å². The Labute approximate surface area is 105 Å². The van der Waals surface area contributed by atoms with Gasteiger partial charge in [-0.2, -0.15) is 0 Å². The highest BCUT2D eigenvalue weighted by molar-refractivity contribution is 5.97. The number of carbonyl (C=O) groups excluding carboxylic acids is 2. The lowest BCUT2D eigenvalue weighted by molar-refractivity contribution is -0.143. The van der Waals surface area contributed by atoms with Gasteiger partial charge >= 0.3 is 5.97 Å². The minimum Gasteiger partial charge on any atom is -0.497 e. The van der Waals surface area contributed by atoms with E-state index in [-0.39, 0.29) is 0 Å². The first kappa shape index (κ1) is 14.0. The van der Waals surface area contributed by atoms with Crippen molar-refractivity contribution >= 4 is 11.9 Å². The number of amides is 1. The Balaban J connectivity index is 2.77. The molecule has 0 radical (unpaired) electrons. The van der Waals surface area contributed by atoms with Gasteiger partial charge in [-0.3, -0.25) is 4.79 Å². The van der Waals surface area contributed by atoms with E-state index in [0.29, 0.717) is 11.3 Å². The summed E-state index contributed by atoms with van der Waals surface area (Å²) in [6.45, 7) is -0.525. The van der Waals surface area contributed by atoms with Gasteiger partial charge in [0.25, 0.3) is 5.91 Å². The van der Waals surface area contributed by atoms with Crippen molar-refractivity contribution in [3.05, 3.63) is 29.8 Å². The van der Waals surface area contributed by atoms with Crippen LogP contribution >= 0.6 is 0 Å². The molecule has 0 spiro atoms. The van der Waals surface area contributed by atoms with Crippen LogP contribution in [-0.2, 0) is 9.53 Å². The molecule has 0 aromatic heterocycles. The topological polar surface area (TPSA) is 84.9 Å². The maximum atomic E-state index is 11.8. The lowest BCUT2D eigenvalue weighted by Gasteiger charge is -2.14. The van der Waals surface area contributed by atoms with Crippen LogP contribution in [-0.4, -0.2) is 43.9 Å². The van der Waals surface area contributed by atoms with E-state index >= 15 is 0 Å². The second-order valence-corrected chi connectivity index (χ2v) is 3.46. The molecule has 6 heteroatoms. The highest BCUT2D eigenvalue weighted by Crippen LogP contribution is 2.12. The number of aliphatic hydroxyl groups is 1. The molecule has 0 unspecified atom stereocenters. The van der Waals surface area contributed by atoms with Gasteiger partial charge in [-0.15, -0.1) is 0 Å². The molecule has 0 heterocycles. The third-order valence-electron chi connectivity index (χ3n) is 2.31. The predicted octanol–water partition coefficient (Wildman–Crippen LogP) is -0.0411. The zero-order valence-corrected chi connectivity index (χ0v) is 10.2. The summed E-state index contributed by atoms with van der Waals surface area (Å²) >= 11 is 0. The lowest BCUT2D eigenvalue weighted by Crippen LogP contribution is -2.44. The van der Waals surface area contributed by atoms with Crippen molar-refractivity contribution in [3.8, 4) is 5.75 Å². The smallest absolute Gasteiger partial charge is 0.330 e. The SMILES string of the molecule is COC(=O)[C@H](CO)NC(=O)c1cccc(OC)c1. The normalized spacial score (nSPS) is 11.5. The number of ether oxygens (including phenoxy) is 2. The fourth-order valence-corrected chi connectivity index (χ4v) is 1.33. The van der Waals surface area contributed by atoms with E-state index < -0.39 is 24.5 Å². The fourth-order valence-electron chi connectivity index (χ4n) is 1.33. The summed E-state index contributed by atoms with van der Waals surface area (Å²) in [5, 5.41) is 11.3. The molecule has 0 aliphatic carbocycles. The Morgan fingerprint density at radius 1 is 1.39 bits per heavy atom. The molecule has 0 fully saturated rings. The quantitative estimate of drug-likeness (QED) is 0.719. The second kappa shape index (κ2) is 6.61. The molecule has 1 aromatic rings. The molecule has 1 rings (SSSR count). The number of nitrogens with one attached hydrogen (secondary N) is 1. The maximum Gasteiger partial charge on any atom is 0.330 e. The zero-order valence-electron chi connectivity index (χ0n) is 10.2. The molecule has 98 valence electrons. The van der Waals surface area contributed by atoms with E-state index in [9.17, 15) is 9.59 Å². The zero-order chi connectivity index (χ0) is 13.5. The van der Waals surface area contributed by atoms with Gasteiger partial charge in [0.05, 0.1) is 20.8 Å². The number of rotatable bonds is 5. The molecule has 0 saturated heterocycles. The first-order valence-corrected chi connectivity index (χ1v) is 5.26. The van der Waals surface area contributed by atoms with Gasteiger partial charge in [0.2, 0.25) is 0 Å². The van der Waals surface area contributed by atoms with E-state index in [2.05, 4.69) is 10.1 Å². The standard InChI is InChI=1S/C12H15NO5/c1-17-9-5-3-4-8(6-9)11(15)13-10(7-14)12(16)18-2/h3-6,10,14H,7H2,1-2H3,(H,13,15)/t10-/m0/s1. The lowest BCUT2D eigenvalue weighted by atomic mass is 10.2. The molecule has 1 aromatic carbocycles. The van der Waals surface area contributed by atoms with Crippen LogP contribution < -0.4 is 10.1 Å². The van der Waals surface area contributed by atoms with Crippen molar-refractivity contribution in [2.45, 2.75) is 6.04 Å². The fraction of sp³-hybridized carbons (Fsp3) is 0.333. The molecule has 0 aliphatic heterocycles. The first-order valence-electron chi connectivity index (χ1n) is 5.26. The summed E-state index contributed by atoms with van der Waals surface area (Å²) in [6, 6.07) is 5.37. The average Bonchev–Trinajstić information content (AvgIpc) is 2.43. The van der Waals surface area contributed by atoms with Gasteiger partial charge < -0.3 is 19.9 Å². The third kappa shape index (κ3) is 3.46. The third-order valence-corrected chi connectivity index (χ3v) is 2.31. The summed E-state index contributed by atoms with van der Waals surface area (Å²) in [7, 11) is 2.67. The van der Waals surface area contributed by atoms with Gasteiger partial charge in [-0.1, -0.05) is 6.07 Å². The monoisotopic (exact) mass is 253 g/mol. The van der Waals surface area contributed by atoms with Crippen LogP contribution in [0.4, 0.5) is 0 Å². The minimum atomic E-state index is -1.08. The number of carbonyl (C=O) groups is 2. The minimum absolute atomic E-state index is 0.330. The molecule has 18 heavy (non-hydrogen) atoms. The van der Waals surface area contributed by atoms with Gasteiger partial charge in [0.15, 0.2) is 6.04 Å². The average molecular weight is 253 g/mol. The number of hydrogen-bond donors (Lipinski definition) is 2. The molecular weight excluding hydrogens is 238 g/mol. The van der Waals surface area contributed by atoms with Crippen molar-refractivity contribution in [1.82, 2.24) is 5.32 Å². The summed E-state index contributed by atoms with van der Waals surface area (Å²) < 4.78 is 9.43. The number of hydrogen-bond acceptors (Lipinski definition) is 5. The molecule has 0 aliphatic rings. The Kier molecular flexibility index (Phi) is 5.13. The second-order valence-electron chi connectivity index (χ2n) is 3.46. The van der Waals surface area contributed by atoms with Crippen LogP contribution in [0.5, 0.6) is 5.75 Å². The van der Waals surface area contributed by atoms with Gasteiger partial charge in [0.1, 0.15) is 5.75 Å². The van der Waals surface area contributed by atoms with E-state index in [4.69, 9.17) is 9.84 Å². The van der Waals surface area contributed by atoms with E-state index in [0.717, 1.165) is 0 Å². The highest BCUT2D eigenvalue weighted by atomic mass is 16.5. The van der Waals surface area contributed by atoms with E-state index in [1.54, 1.807) is 18.2 Å². The summed E-state index contributed by atoms with van der Waals surface area (Å²) in [5.74, 6) is -0.659. The molecule has 1 amide bonds. The largest absolute Gasteiger partial charge is 0.497 e. The van der Waals surface area contributed by atoms with Crippen LogP contribution in [0.2, 0.25) is 0 Å². The van der Waals surface area contributed by atoms with Crippen molar-refractivity contribution in [2.75, 3.05) is 20.8 Å². The maximum absolute atomic E-state index is 11.8.